The summed E-state index contributed by atoms with van der Waals surface area (Å²) in [6.07, 6.45) is 1.23. The fourth-order valence-electron chi connectivity index (χ4n) is 3.30. The molecule has 1 aliphatic rings. The molecule has 98 valence electrons. The van der Waals surface area contributed by atoms with Crippen LogP contribution in [0, 0.1) is 11.3 Å². The summed E-state index contributed by atoms with van der Waals surface area (Å²) in [7, 11) is 0. The summed E-state index contributed by atoms with van der Waals surface area (Å²) in [6.45, 7) is 2.38. The van der Waals surface area contributed by atoms with Gasteiger partial charge in [-0.3, -0.25) is 0 Å². The second-order valence-electron chi connectivity index (χ2n) is 5.82. The second-order valence-corrected chi connectivity index (χ2v) is 6.12. The van der Waals surface area contributed by atoms with Gasteiger partial charge in [0.2, 0.25) is 0 Å². The summed E-state index contributed by atoms with van der Waals surface area (Å²) >= 11 is 6.10. The first kappa shape index (κ1) is 12.7. The van der Waals surface area contributed by atoms with Gasteiger partial charge in [-0.1, -0.05) is 67.6 Å². The quantitative estimate of drug-likeness (QED) is 0.680. The van der Waals surface area contributed by atoms with E-state index in [1.54, 1.807) is 0 Å². The Morgan fingerprint density at radius 3 is 1.84 bits per heavy atom. The van der Waals surface area contributed by atoms with Crippen LogP contribution in [-0.4, -0.2) is 5.88 Å². The van der Waals surface area contributed by atoms with Gasteiger partial charge in [-0.05, 0) is 28.9 Å². The highest BCUT2D eigenvalue weighted by molar-refractivity contribution is 6.18. The van der Waals surface area contributed by atoms with Crippen LogP contribution in [0.5, 0.6) is 0 Å². The van der Waals surface area contributed by atoms with Crippen LogP contribution in [-0.2, 0) is 0 Å². The molecule has 1 aliphatic carbocycles. The maximum atomic E-state index is 6.10. The van der Waals surface area contributed by atoms with E-state index >= 15 is 0 Å². The minimum absolute atomic E-state index is 0.310. The fourth-order valence-corrected chi connectivity index (χ4v) is 3.76. The lowest BCUT2D eigenvalue weighted by Crippen LogP contribution is -2.15. The zero-order chi connectivity index (χ0) is 13.3. The van der Waals surface area contributed by atoms with Crippen molar-refractivity contribution in [1.82, 2.24) is 0 Å². The zero-order valence-corrected chi connectivity index (χ0v) is 12.0. The smallest absolute Gasteiger partial charge is 0.0257 e. The van der Waals surface area contributed by atoms with Gasteiger partial charge < -0.3 is 0 Å². The summed E-state index contributed by atoms with van der Waals surface area (Å²) in [6, 6.07) is 21.7. The van der Waals surface area contributed by atoms with Crippen LogP contribution in [0.15, 0.2) is 60.7 Å². The normalized spacial score (nSPS) is 25.5. The number of halogens is 1. The Morgan fingerprint density at radius 2 is 1.47 bits per heavy atom. The summed E-state index contributed by atoms with van der Waals surface area (Å²) in [5, 5.41) is 0. The van der Waals surface area contributed by atoms with Gasteiger partial charge in [0.05, 0.1) is 0 Å². The molecule has 0 aliphatic heterocycles. The van der Waals surface area contributed by atoms with Crippen molar-refractivity contribution in [3.05, 3.63) is 71.8 Å². The van der Waals surface area contributed by atoms with Crippen LogP contribution in [0.25, 0.3) is 0 Å². The molecule has 0 radical (unpaired) electrons. The van der Waals surface area contributed by atoms with E-state index in [0.29, 0.717) is 17.3 Å². The van der Waals surface area contributed by atoms with Crippen molar-refractivity contribution in [2.24, 2.45) is 11.3 Å². The SMILES string of the molecule is CC1(C(c2ccccc2)c2ccccc2)CC1CCl. The van der Waals surface area contributed by atoms with Gasteiger partial charge in [-0.25, -0.2) is 0 Å². The maximum Gasteiger partial charge on any atom is 0.0257 e. The largest absolute Gasteiger partial charge is 0.126 e. The first-order valence-corrected chi connectivity index (χ1v) is 7.45. The lowest BCUT2D eigenvalue weighted by Gasteiger charge is -2.26. The molecule has 0 N–H and O–H groups in total. The summed E-state index contributed by atoms with van der Waals surface area (Å²) in [5.74, 6) is 1.87. The molecule has 19 heavy (non-hydrogen) atoms. The van der Waals surface area contributed by atoms with E-state index in [0.717, 1.165) is 5.88 Å². The van der Waals surface area contributed by atoms with Gasteiger partial charge in [0.1, 0.15) is 0 Å². The van der Waals surface area contributed by atoms with Crippen molar-refractivity contribution in [1.29, 1.82) is 0 Å². The molecule has 0 amide bonds. The van der Waals surface area contributed by atoms with Gasteiger partial charge in [0, 0.05) is 11.8 Å². The third-order valence-electron chi connectivity index (χ3n) is 4.57. The minimum atomic E-state index is 0.310. The van der Waals surface area contributed by atoms with Gasteiger partial charge >= 0.3 is 0 Å². The molecule has 0 saturated heterocycles. The van der Waals surface area contributed by atoms with Crippen LogP contribution >= 0.6 is 11.6 Å². The lowest BCUT2D eigenvalue weighted by atomic mass is 9.78. The van der Waals surface area contributed by atoms with E-state index in [9.17, 15) is 0 Å². The monoisotopic (exact) mass is 270 g/mol. The van der Waals surface area contributed by atoms with Crippen molar-refractivity contribution in [3.63, 3.8) is 0 Å². The highest BCUT2D eigenvalue weighted by Gasteiger charge is 2.55. The van der Waals surface area contributed by atoms with E-state index < -0.39 is 0 Å². The molecule has 0 spiro atoms. The standard InChI is InChI=1S/C18H19Cl/c1-18(12-16(18)13-19)17(14-8-4-2-5-9-14)15-10-6-3-7-11-15/h2-11,16-17H,12-13H2,1H3. The Hall–Kier alpha value is -1.27. The van der Waals surface area contributed by atoms with Crippen molar-refractivity contribution < 1.29 is 0 Å². The molecule has 0 heterocycles. The topological polar surface area (TPSA) is 0 Å². The molecule has 1 saturated carbocycles. The average Bonchev–Trinajstić information content (AvgIpc) is 3.13. The number of hydrogen-bond donors (Lipinski definition) is 0. The Kier molecular flexibility index (Phi) is 3.36. The maximum absolute atomic E-state index is 6.10. The van der Waals surface area contributed by atoms with Crippen LogP contribution in [0.4, 0.5) is 0 Å². The van der Waals surface area contributed by atoms with E-state index in [1.807, 2.05) is 0 Å². The molecule has 2 unspecified atom stereocenters. The summed E-state index contributed by atoms with van der Waals surface area (Å²) < 4.78 is 0. The van der Waals surface area contributed by atoms with Crippen molar-refractivity contribution in [2.45, 2.75) is 19.3 Å². The van der Waals surface area contributed by atoms with Crippen molar-refractivity contribution in [3.8, 4) is 0 Å². The predicted octanol–water partition coefficient (Wildman–Crippen LogP) is 5.08. The van der Waals surface area contributed by atoms with Crippen LogP contribution in [0.1, 0.15) is 30.4 Å². The molecular weight excluding hydrogens is 252 g/mol. The van der Waals surface area contributed by atoms with Crippen LogP contribution in [0.2, 0.25) is 0 Å². The number of rotatable bonds is 4. The second kappa shape index (κ2) is 5.02. The number of alkyl halides is 1. The third-order valence-corrected chi connectivity index (χ3v) is 4.94. The minimum Gasteiger partial charge on any atom is -0.126 e. The van der Waals surface area contributed by atoms with Gasteiger partial charge in [0.25, 0.3) is 0 Å². The Morgan fingerprint density at radius 1 is 1.00 bits per heavy atom. The first-order valence-electron chi connectivity index (χ1n) is 6.91. The molecule has 1 heteroatoms. The highest BCUT2D eigenvalue weighted by Crippen LogP contribution is 2.63. The van der Waals surface area contributed by atoms with Gasteiger partial charge in [-0.15, -0.1) is 11.6 Å². The van der Waals surface area contributed by atoms with Crippen molar-refractivity contribution in [2.75, 3.05) is 5.88 Å². The third kappa shape index (κ3) is 2.30. The van der Waals surface area contributed by atoms with E-state index in [2.05, 4.69) is 67.6 Å². The molecule has 3 rings (SSSR count). The molecule has 0 aromatic heterocycles. The number of hydrogen-bond acceptors (Lipinski definition) is 0. The van der Waals surface area contributed by atoms with E-state index in [4.69, 9.17) is 11.6 Å². The zero-order valence-electron chi connectivity index (χ0n) is 11.2. The molecule has 1 fully saturated rings. The fraction of sp³-hybridized carbons (Fsp3) is 0.333. The molecule has 2 aromatic carbocycles. The van der Waals surface area contributed by atoms with E-state index in [1.165, 1.54) is 17.5 Å². The van der Waals surface area contributed by atoms with Gasteiger partial charge in [0.15, 0.2) is 0 Å². The first-order chi connectivity index (χ1) is 9.25. The molecule has 0 bridgehead atoms. The van der Waals surface area contributed by atoms with Crippen LogP contribution < -0.4 is 0 Å². The molecule has 0 nitrogen and oxygen atoms in total. The number of benzene rings is 2. The van der Waals surface area contributed by atoms with Gasteiger partial charge in [-0.2, -0.15) is 0 Å². The Labute approximate surface area is 120 Å². The summed E-state index contributed by atoms with van der Waals surface area (Å²) in [5.41, 5.74) is 3.12. The predicted molar refractivity (Wildman–Crippen MR) is 81.7 cm³/mol. The highest BCUT2D eigenvalue weighted by atomic mass is 35.5. The molecule has 2 aromatic rings. The van der Waals surface area contributed by atoms with E-state index in [-0.39, 0.29) is 0 Å². The molecular formula is C18H19Cl. The Bertz CT molecular complexity index is 495. The average molecular weight is 271 g/mol. The van der Waals surface area contributed by atoms with Crippen molar-refractivity contribution >= 4 is 11.6 Å². The van der Waals surface area contributed by atoms with Crippen LogP contribution in [0.3, 0.4) is 0 Å². The summed E-state index contributed by atoms with van der Waals surface area (Å²) in [4.78, 5) is 0. The molecule has 2 atom stereocenters. The lowest BCUT2D eigenvalue weighted by molar-refractivity contribution is 0.455. The Balaban J connectivity index is 2.03.